The molecule has 1 aromatic rings. The van der Waals surface area contributed by atoms with Crippen molar-refractivity contribution >= 4 is 17.8 Å². The zero-order valence-corrected chi connectivity index (χ0v) is 10.2. The molecule has 3 heterocycles. The molecule has 1 amide bonds. The number of amides is 1. The van der Waals surface area contributed by atoms with Crippen molar-refractivity contribution < 1.29 is 4.79 Å². The van der Waals surface area contributed by atoms with Crippen LogP contribution in [0.4, 0.5) is 5.69 Å². The van der Waals surface area contributed by atoms with Gasteiger partial charge in [-0.2, -0.15) is 5.10 Å². The Bertz CT molecular complexity index is 503. The lowest BCUT2D eigenvalue weighted by Gasteiger charge is -2.18. The van der Waals surface area contributed by atoms with Crippen LogP contribution in [0.2, 0.25) is 0 Å². The number of aliphatic imine (C=N–C) groups is 1. The Morgan fingerprint density at radius 2 is 2.35 bits per heavy atom. The van der Waals surface area contributed by atoms with Gasteiger partial charge in [-0.15, -0.1) is 0 Å². The van der Waals surface area contributed by atoms with E-state index >= 15 is 0 Å². The molecule has 5 heteroatoms. The van der Waals surface area contributed by atoms with Crippen molar-refractivity contribution in [3.8, 4) is 0 Å². The summed E-state index contributed by atoms with van der Waals surface area (Å²) in [4.78, 5) is 18.7. The average Bonchev–Trinajstić information content (AvgIpc) is 2.88. The lowest BCUT2D eigenvalue weighted by molar-refractivity contribution is 0.0768. The van der Waals surface area contributed by atoms with Crippen LogP contribution in [-0.4, -0.2) is 39.4 Å². The third-order valence-corrected chi connectivity index (χ3v) is 3.61. The molecule has 0 N–H and O–H groups in total. The molecule has 2 aliphatic rings. The second-order valence-electron chi connectivity index (χ2n) is 4.58. The summed E-state index contributed by atoms with van der Waals surface area (Å²) in [7, 11) is 0. The van der Waals surface area contributed by atoms with Crippen molar-refractivity contribution in [2.24, 2.45) is 4.99 Å². The highest BCUT2D eigenvalue weighted by Crippen LogP contribution is 2.30. The molecule has 1 aromatic heterocycles. The second-order valence-corrected chi connectivity index (χ2v) is 4.58. The highest BCUT2D eigenvalue weighted by Gasteiger charge is 2.34. The predicted molar refractivity (Wildman–Crippen MR) is 64.8 cm³/mol. The minimum atomic E-state index is 0.0373. The summed E-state index contributed by atoms with van der Waals surface area (Å²) in [5, 5.41) is 4.38. The number of nitrogens with zero attached hydrogens (tertiary/aromatic N) is 4. The fraction of sp³-hybridized carbons (Fsp3) is 0.583. The number of aryl methyl sites for hydroxylation is 1. The van der Waals surface area contributed by atoms with Crippen LogP contribution in [0.25, 0.3) is 0 Å². The number of carbonyl (C=O) groups excluding carboxylic acids is 1. The number of carbonyl (C=O) groups is 1. The zero-order chi connectivity index (χ0) is 12.0. The van der Waals surface area contributed by atoms with Crippen LogP contribution in [0.1, 0.15) is 35.9 Å². The van der Waals surface area contributed by atoms with Crippen molar-refractivity contribution in [2.45, 2.75) is 39.3 Å². The molecule has 0 aromatic carbocycles. The van der Waals surface area contributed by atoms with E-state index < -0.39 is 0 Å². The first-order valence-electron chi connectivity index (χ1n) is 6.15. The molecule has 1 atom stereocenters. The van der Waals surface area contributed by atoms with Crippen LogP contribution in [0.5, 0.6) is 0 Å². The monoisotopic (exact) mass is 232 g/mol. The van der Waals surface area contributed by atoms with Crippen molar-refractivity contribution in [3.05, 3.63) is 11.4 Å². The number of hydrogen-bond donors (Lipinski definition) is 0. The predicted octanol–water partition coefficient (Wildman–Crippen LogP) is 1.53. The van der Waals surface area contributed by atoms with E-state index in [9.17, 15) is 4.79 Å². The molecule has 90 valence electrons. The van der Waals surface area contributed by atoms with Gasteiger partial charge in [-0.3, -0.25) is 14.5 Å². The molecule has 0 bridgehead atoms. The number of aromatic nitrogens is 2. The molecule has 0 unspecified atom stereocenters. The second kappa shape index (κ2) is 3.68. The van der Waals surface area contributed by atoms with Gasteiger partial charge < -0.3 is 4.90 Å². The Labute approximate surface area is 100 Å². The van der Waals surface area contributed by atoms with Crippen LogP contribution in [0, 0.1) is 6.92 Å². The average molecular weight is 232 g/mol. The van der Waals surface area contributed by atoms with Gasteiger partial charge in [0.15, 0.2) is 5.69 Å². The van der Waals surface area contributed by atoms with Gasteiger partial charge >= 0.3 is 0 Å². The maximum Gasteiger partial charge on any atom is 0.277 e. The summed E-state index contributed by atoms with van der Waals surface area (Å²) in [6.07, 6.45) is 3.99. The molecular weight excluding hydrogens is 216 g/mol. The summed E-state index contributed by atoms with van der Waals surface area (Å²) in [6, 6.07) is 0.172. The lowest BCUT2D eigenvalue weighted by Crippen LogP contribution is -2.35. The molecule has 5 nitrogen and oxygen atoms in total. The number of rotatable bonds is 1. The van der Waals surface area contributed by atoms with Crippen molar-refractivity contribution in [1.29, 1.82) is 0 Å². The Morgan fingerprint density at radius 3 is 3.12 bits per heavy atom. The van der Waals surface area contributed by atoms with Gasteiger partial charge in [0.2, 0.25) is 0 Å². The molecular formula is C12H16N4O. The zero-order valence-electron chi connectivity index (χ0n) is 10.2. The molecule has 3 rings (SSSR count). The molecule has 1 fully saturated rings. The maximum atomic E-state index is 12.4. The third-order valence-electron chi connectivity index (χ3n) is 3.61. The van der Waals surface area contributed by atoms with Crippen molar-refractivity contribution in [2.75, 3.05) is 6.54 Å². The summed E-state index contributed by atoms with van der Waals surface area (Å²) in [5.74, 6) is 0.0373. The fourth-order valence-electron chi connectivity index (χ4n) is 2.64. The van der Waals surface area contributed by atoms with E-state index in [2.05, 4.69) is 10.1 Å². The van der Waals surface area contributed by atoms with Gasteiger partial charge in [-0.1, -0.05) is 0 Å². The Kier molecular flexibility index (Phi) is 2.28. The van der Waals surface area contributed by atoms with Crippen LogP contribution in [0.3, 0.4) is 0 Å². The lowest BCUT2D eigenvalue weighted by atomic mass is 10.2. The number of hydrogen-bond acceptors (Lipinski definition) is 3. The van der Waals surface area contributed by atoms with E-state index in [1.54, 1.807) is 0 Å². The molecule has 0 saturated carbocycles. The minimum Gasteiger partial charge on any atom is -0.329 e. The van der Waals surface area contributed by atoms with Crippen LogP contribution in [0.15, 0.2) is 4.99 Å². The first kappa shape index (κ1) is 10.5. The van der Waals surface area contributed by atoms with E-state index in [1.165, 1.54) is 0 Å². The van der Waals surface area contributed by atoms with Crippen molar-refractivity contribution in [3.63, 3.8) is 0 Å². The van der Waals surface area contributed by atoms with Gasteiger partial charge in [0.25, 0.3) is 5.91 Å². The van der Waals surface area contributed by atoms with Gasteiger partial charge in [0, 0.05) is 19.3 Å². The maximum absolute atomic E-state index is 12.4. The van der Waals surface area contributed by atoms with Gasteiger partial charge in [0.1, 0.15) is 5.69 Å². The first-order chi connectivity index (χ1) is 8.22. The van der Waals surface area contributed by atoms with Crippen LogP contribution >= 0.6 is 0 Å². The van der Waals surface area contributed by atoms with E-state index in [0.29, 0.717) is 5.69 Å². The molecule has 0 aliphatic carbocycles. The number of fused-ring (bicyclic) bond motifs is 2. The highest BCUT2D eigenvalue weighted by molar-refractivity contribution is 6.01. The smallest absolute Gasteiger partial charge is 0.277 e. The standard InChI is InChI=1S/C12H16N4O/c1-3-16-8(2)10-11(14-16)12(17)15-6-4-5-9(15)7-13-10/h7,9H,3-6H2,1-2H3/t9-/m0/s1. The summed E-state index contributed by atoms with van der Waals surface area (Å²) >= 11 is 0. The molecule has 0 radical (unpaired) electrons. The van der Waals surface area contributed by atoms with E-state index in [0.717, 1.165) is 37.3 Å². The van der Waals surface area contributed by atoms with Crippen molar-refractivity contribution in [1.82, 2.24) is 14.7 Å². The van der Waals surface area contributed by atoms with Crippen LogP contribution < -0.4 is 0 Å². The Hall–Kier alpha value is -1.65. The molecule has 1 saturated heterocycles. The van der Waals surface area contributed by atoms with Gasteiger partial charge in [0.05, 0.1) is 11.7 Å². The van der Waals surface area contributed by atoms with Gasteiger partial charge in [-0.05, 0) is 26.7 Å². The Balaban J connectivity index is 2.12. The largest absolute Gasteiger partial charge is 0.329 e. The summed E-state index contributed by atoms with van der Waals surface area (Å²) in [6.45, 7) is 5.58. The topological polar surface area (TPSA) is 50.5 Å². The fourth-order valence-corrected chi connectivity index (χ4v) is 2.64. The summed E-state index contributed by atoms with van der Waals surface area (Å²) in [5.41, 5.74) is 2.25. The van der Waals surface area contributed by atoms with E-state index in [4.69, 9.17) is 0 Å². The van der Waals surface area contributed by atoms with Crippen LogP contribution in [-0.2, 0) is 6.54 Å². The van der Waals surface area contributed by atoms with Gasteiger partial charge in [-0.25, -0.2) is 0 Å². The SMILES string of the molecule is CCn1nc2c(c1C)N=C[C@@H]1CCCN1C2=O. The molecule has 0 spiro atoms. The van der Waals surface area contributed by atoms with E-state index in [-0.39, 0.29) is 11.9 Å². The quantitative estimate of drug-likeness (QED) is 0.737. The Morgan fingerprint density at radius 1 is 1.53 bits per heavy atom. The normalized spacial score (nSPS) is 22.6. The third kappa shape index (κ3) is 1.41. The summed E-state index contributed by atoms with van der Waals surface area (Å²) < 4.78 is 1.84. The van der Waals surface area contributed by atoms with E-state index in [1.807, 2.05) is 29.6 Å². The molecule has 2 aliphatic heterocycles. The first-order valence-corrected chi connectivity index (χ1v) is 6.15. The molecule has 17 heavy (non-hydrogen) atoms. The highest BCUT2D eigenvalue weighted by atomic mass is 16.2. The minimum absolute atomic E-state index is 0.0373.